The van der Waals surface area contributed by atoms with Crippen LogP contribution < -0.4 is 10.6 Å². The Morgan fingerprint density at radius 2 is 1.96 bits per heavy atom. The molecule has 3 N–H and O–H groups in total. The first-order valence-corrected chi connectivity index (χ1v) is 8.32. The van der Waals surface area contributed by atoms with E-state index in [-0.39, 0.29) is 11.6 Å². The van der Waals surface area contributed by atoms with E-state index in [9.17, 15) is 14.4 Å². The molecule has 1 heterocycles. The smallest absolute Gasteiger partial charge is 0.408 e. The first-order chi connectivity index (χ1) is 11.0. The molecule has 0 aliphatic rings. The number of hydrogen-bond donors (Lipinski definition) is 3. The fourth-order valence-electron chi connectivity index (χ4n) is 1.73. The molecule has 0 aliphatic heterocycles. The molecule has 0 aliphatic carbocycles. The van der Waals surface area contributed by atoms with Crippen LogP contribution in [0.1, 0.15) is 56.2 Å². The standard InChI is InChI=1S/C15H23N3O5S/c1-8(2)11(18-14(22)23-15(3,4)5)13-17-9(7-24-13)12(21)16-6-10(19)20/h7-8,11H,6H2,1-5H3,(H,16,21)(H,18,22)(H,19,20)/t11-/m0/s1. The van der Waals surface area contributed by atoms with E-state index in [1.54, 1.807) is 20.8 Å². The Morgan fingerprint density at radius 3 is 2.46 bits per heavy atom. The SMILES string of the molecule is CC(C)[C@H](NC(=O)OC(C)(C)C)c1nc(C(=O)NCC(=O)O)cs1. The molecule has 0 saturated carbocycles. The maximum absolute atomic E-state index is 12.0. The van der Waals surface area contributed by atoms with Gasteiger partial charge < -0.3 is 20.5 Å². The van der Waals surface area contributed by atoms with Crippen LogP contribution in [0.4, 0.5) is 4.79 Å². The molecule has 1 aromatic rings. The van der Waals surface area contributed by atoms with E-state index in [2.05, 4.69) is 15.6 Å². The third-order valence-corrected chi connectivity index (χ3v) is 3.69. The second-order valence-corrected chi connectivity index (χ2v) is 7.40. The molecule has 1 rings (SSSR count). The van der Waals surface area contributed by atoms with Gasteiger partial charge in [-0.2, -0.15) is 0 Å². The molecular formula is C15H23N3O5S. The van der Waals surface area contributed by atoms with Gasteiger partial charge >= 0.3 is 12.1 Å². The third-order valence-electron chi connectivity index (χ3n) is 2.76. The van der Waals surface area contributed by atoms with E-state index < -0.39 is 36.2 Å². The summed E-state index contributed by atoms with van der Waals surface area (Å²) in [5.74, 6) is -1.68. The number of carbonyl (C=O) groups is 3. The van der Waals surface area contributed by atoms with Gasteiger partial charge in [-0.25, -0.2) is 9.78 Å². The molecule has 134 valence electrons. The largest absolute Gasteiger partial charge is 0.480 e. The van der Waals surface area contributed by atoms with Gasteiger partial charge in [0.05, 0.1) is 6.04 Å². The van der Waals surface area contributed by atoms with Crippen molar-refractivity contribution in [2.45, 2.75) is 46.3 Å². The van der Waals surface area contributed by atoms with E-state index in [4.69, 9.17) is 9.84 Å². The van der Waals surface area contributed by atoms with Gasteiger partial charge in [0.1, 0.15) is 22.8 Å². The van der Waals surface area contributed by atoms with Crippen molar-refractivity contribution < 1.29 is 24.2 Å². The average Bonchev–Trinajstić information content (AvgIpc) is 2.89. The summed E-state index contributed by atoms with van der Waals surface area (Å²) in [4.78, 5) is 38.5. The van der Waals surface area contributed by atoms with Gasteiger partial charge in [-0.1, -0.05) is 13.8 Å². The zero-order valence-corrected chi connectivity index (χ0v) is 15.2. The van der Waals surface area contributed by atoms with Crippen LogP contribution in [-0.4, -0.2) is 40.2 Å². The highest BCUT2D eigenvalue weighted by Gasteiger charge is 2.25. The summed E-state index contributed by atoms with van der Waals surface area (Å²) in [7, 11) is 0. The van der Waals surface area contributed by atoms with Gasteiger partial charge in [0.25, 0.3) is 5.91 Å². The second-order valence-electron chi connectivity index (χ2n) is 6.52. The molecule has 0 unspecified atom stereocenters. The van der Waals surface area contributed by atoms with Crippen molar-refractivity contribution in [1.82, 2.24) is 15.6 Å². The number of carboxylic acids is 1. The van der Waals surface area contributed by atoms with E-state index in [0.29, 0.717) is 5.01 Å². The molecule has 1 atom stereocenters. The normalized spacial score (nSPS) is 12.6. The predicted molar refractivity (Wildman–Crippen MR) is 89.0 cm³/mol. The third kappa shape index (κ3) is 6.53. The number of nitrogens with one attached hydrogen (secondary N) is 2. The van der Waals surface area contributed by atoms with E-state index in [1.807, 2.05) is 13.8 Å². The molecule has 0 aromatic carbocycles. The highest BCUT2D eigenvalue weighted by atomic mass is 32.1. The predicted octanol–water partition coefficient (Wildman–Crippen LogP) is 2.18. The fourth-order valence-corrected chi connectivity index (χ4v) is 2.75. The van der Waals surface area contributed by atoms with Crippen molar-refractivity contribution in [3.8, 4) is 0 Å². The van der Waals surface area contributed by atoms with Crippen molar-refractivity contribution >= 4 is 29.3 Å². The van der Waals surface area contributed by atoms with E-state index >= 15 is 0 Å². The monoisotopic (exact) mass is 357 g/mol. The second kappa shape index (κ2) is 8.09. The number of alkyl carbamates (subject to hydrolysis) is 1. The molecule has 0 fully saturated rings. The Morgan fingerprint density at radius 1 is 1.33 bits per heavy atom. The number of hydrogen-bond acceptors (Lipinski definition) is 6. The van der Waals surface area contributed by atoms with Crippen LogP contribution in [0.3, 0.4) is 0 Å². The van der Waals surface area contributed by atoms with Crippen LogP contribution >= 0.6 is 11.3 Å². The van der Waals surface area contributed by atoms with E-state index in [1.165, 1.54) is 16.7 Å². The van der Waals surface area contributed by atoms with Gasteiger partial charge in [0.15, 0.2) is 0 Å². The van der Waals surface area contributed by atoms with Gasteiger partial charge in [0.2, 0.25) is 0 Å². The zero-order valence-electron chi connectivity index (χ0n) is 14.4. The number of aromatic nitrogens is 1. The quantitative estimate of drug-likeness (QED) is 0.718. The van der Waals surface area contributed by atoms with Crippen LogP contribution in [0.15, 0.2) is 5.38 Å². The lowest BCUT2D eigenvalue weighted by molar-refractivity contribution is -0.135. The summed E-state index contributed by atoms with van der Waals surface area (Å²) < 4.78 is 5.24. The van der Waals surface area contributed by atoms with Crippen LogP contribution in [0.5, 0.6) is 0 Å². The van der Waals surface area contributed by atoms with Crippen molar-refractivity contribution in [2.24, 2.45) is 5.92 Å². The lowest BCUT2D eigenvalue weighted by atomic mass is 10.1. The van der Waals surface area contributed by atoms with Gasteiger partial charge in [0, 0.05) is 5.38 Å². The van der Waals surface area contributed by atoms with Gasteiger partial charge in [-0.05, 0) is 26.7 Å². The Balaban J connectivity index is 2.81. The Labute approximate surface area is 144 Å². The molecular weight excluding hydrogens is 334 g/mol. The lowest BCUT2D eigenvalue weighted by Crippen LogP contribution is -2.37. The van der Waals surface area contributed by atoms with Crippen LogP contribution in [-0.2, 0) is 9.53 Å². The first-order valence-electron chi connectivity index (χ1n) is 7.44. The maximum Gasteiger partial charge on any atom is 0.408 e. The van der Waals surface area contributed by atoms with Gasteiger partial charge in [-0.3, -0.25) is 9.59 Å². The highest BCUT2D eigenvalue weighted by Crippen LogP contribution is 2.25. The maximum atomic E-state index is 12.0. The first kappa shape index (κ1) is 19.9. The van der Waals surface area contributed by atoms with Crippen molar-refractivity contribution in [1.29, 1.82) is 0 Å². The van der Waals surface area contributed by atoms with Gasteiger partial charge in [-0.15, -0.1) is 11.3 Å². The minimum absolute atomic E-state index is 0.0265. The van der Waals surface area contributed by atoms with Crippen molar-refractivity contribution in [3.05, 3.63) is 16.1 Å². The Bertz CT molecular complexity index is 606. The number of rotatable bonds is 6. The van der Waals surface area contributed by atoms with Crippen LogP contribution in [0.25, 0.3) is 0 Å². The molecule has 0 radical (unpaired) electrons. The summed E-state index contributed by atoms with van der Waals surface area (Å²) in [6.45, 7) is 8.65. The number of nitrogens with zero attached hydrogens (tertiary/aromatic N) is 1. The fraction of sp³-hybridized carbons (Fsp3) is 0.600. The number of ether oxygens (including phenoxy) is 1. The molecule has 24 heavy (non-hydrogen) atoms. The summed E-state index contributed by atoms with van der Waals surface area (Å²) in [5, 5.41) is 15.7. The molecule has 0 spiro atoms. The summed E-state index contributed by atoms with van der Waals surface area (Å²) in [6.07, 6.45) is -0.562. The number of thiazole rings is 1. The van der Waals surface area contributed by atoms with Crippen LogP contribution in [0, 0.1) is 5.92 Å². The Hall–Kier alpha value is -2.16. The van der Waals surface area contributed by atoms with E-state index in [0.717, 1.165) is 0 Å². The summed E-state index contributed by atoms with van der Waals surface area (Å²) in [5.41, 5.74) is -0.496. The number of carboxylic acid groups (broad SMARTS) is 1. The molecule has 2 amide bonds. The molecule has 0 bridgehead atoms. The molecule has 9 heteroatoms. The number of carbonyl (C=O) groups excluding carboxylic acids is 2. The Kier molecular flexibility index (Phi) is 6.70. The topological polar surface area (TPSA) is 118 Å². The van der Waals surface area contributed by atoms with Crippen molar-refractivity contribution in [2.75, 3.05) is 6.54 Å². The minimum Gasteiger partial charge on any atom is -0.480 e. The minimum atomic E-state index is -1.13. The highest BCUT2D eigenvalue weighted by molar-refractivity contribution is 7.09. The summed E-state index contributed by atoms with van der Waals surface area (Å²) >= 11 is 1.22. The number of aliphatic carboxylic acids is 1. The summed E-state index contributed by atoms with van der Waals surface area (Å²) in [6, 6.07) is -0.411. The molecule has 1 aromatic heterocycles. The number of amides is 2. The molecule has 0 saturated heterocycles. The molecule has 8 nitrogen and oxygen atoms in total. The van der Waals surface area contributed by atoms with Crippen molar-refractivity contribution in [3.63, 3.8) is 0 Å². The zero-order chi connectivity index (χ0) is 18.5. The van der Waals surface area contributed by atoms with Crippen LogP contribution in [0.2, 0.25) is 0 Å². The lowest BCUT2D eigenvalue weighted by Gasteiger charge is -2.24. The average molecular weight is 357 g/mol.